The fourth-order valence-electron chi connectivity index (χ4n) is 1.92. The number of carbonyl (C=O) groups excluding carboxylic acids is 1. The third kappa shape index (κ3) is 2.37. The van der Waals surface area contributed by atoms with Crippen molar-refractivity contribution < 1.29 is 4.79 Å². The van der Waals surface area contributed by atoms with Gasteiger partial charge in [-0.2, -0.15) is 9.78 Å². The van der Waals surface area contributed by atoms with Crippen LogP contribution in [0, 0.1) is 0 Å². The van der Waals surface area contributed by atoms with Gasteiger partial charge in [0.1, 0.15) is 0 Å². The van der Waals surface area contributed by atoms with Gasteiger partial charge in [0.15, 0.2) is 0 Å². The van der Waals surface area contributed by atoms with Crippen LogP contribution in [0.3, 0.4) is 0 Å². The summed E-state index contributed by atoms with van der Waals surface area (Å²) >= 11 is 3.26. The number of hydrogen-bond acceptors (Lipinski definition) is 2. The number of anilines is 1. The summed E-state index contributed by atoms with van der Waals surface area (Å²) in [5.41, 5.74) is 0.773. The molecule has 0 fully saturated rings. The van der Waals surface area contributed by atoms with Crippen molar-refractivity contribution in [2.24, 2.45) is 0 Å². The molecular weight excluding hydrogens is 306 g/mol. The maximum Gasteiger partial charge on any atom is 0.346 e. The molecule has 0 spiro atoms. The number of aromatic nitrogens is 2. The SMILES string of the molecule is O=C(Nc1cccc2ccccc12)n1cc(Br)cn1. The normalized spacial score (nSPS) is 10.6. The third-order valence-electron chi connectivity index (χ3n) is 2.79. The van der Waals surface area contributed by atoms with Crippen molar-refractivity contribution in [3.63, 3.8) is 0 Å². The van der Waals surface area contributed by atoms with Gasteiger partial charge in [-0.3, -0.25) is 0 Å². The van der Waals surface area contributed by atoms with Crippen LogP contribution in [-0.4, -0.2) is 15.8 Å². The molecule has 5 heteroatoms. The molecule has 0 atom stereocenters. The first kappa shape index (κ1) is 11.9. The van der Waals surface area contributed by atoms with Crippen LogP contribution < -0.4 is 5.32 Å². The molecule has 0 aliphatic rings. The molecule has 0 unspecified atom stereocenters. The summed E-state index contributed by atoms with van der Waals surface area (Å²) in [6.07, 6.45) is 3.18. The predicted molar refractivity (Wildman–Crippen MR) is 78.3 cm³/mol. The minimum absolute atomic E-state index is 0.290. The standard InChI is InChI=1S/C14H10BrN3O/c15-11-8-16-18(9-11)14(19)17-13-7-3-5-10-4-1-2-6-12(10)13/h1-9H,(H,17,19). The quantitative estimate of drug-likeness (QED) is 0.740. The number of fused-ring (bicyclic) bond motifs is 1. The van der Waals surface area contributed by atoms with Gasteiger partial charge in [0.25, 0.3) is 0 Å². The largest absolute Gasteiger partial charge is 0.346 e. The Morgan fingerprint density at radius 1 is 1.16 bits per heavy atom. The Morgan fingerprint density at radius 2 is 1.95 bits per heavy atom. The van der Waals surface area contributed by atoms with Crippen molar-refractivity contribution in [3.05, 3.63) is 59.3 Å². The Balaban J connectivity index is 1.95. The van der Waals surface area contributed by atoms with Crippen LogP contribution in [0.25, 0.3) is 10.8 Å². The topological polar surface area (TPSA) is 46.9 Å². The lowest BCUT2D eigenvalue weighted by atomic mass is 10.1. The van der Waals surface area contributed by atoms with Crippen molar-refractivity contribution in [2.75, 3.05) is 5.32 Å². The number of nitrogens with one attached hydrogen (secondary N) is 1. The van der Waals surface area contributed by atoms with Crippen molar-refractivity contribution in [1.29, 1.82) is 0 Å². The molecule has 0 bridgehead atoms. The summed E-state index contributed by atoms with van der Waals surface area (Å²) < 4.78 is 2.02. The fraction of sp³-hybridized carbons (Fsp3) is 0. The van der Waals surface area contributed by atoms with E-state index in [9.17, 15) is 4.79 Å². The van der Waals surface area contributed by atoms with Gasteiger partial charge in [-0.25, -0.2) is 4.79 Å². The number of rotatable bonds is 1. The average Bonchev–Trinajstić information content (AvgIpc) is 2.86. The molecule has 4 nitrogen and oxygen atoms in total. The number of carbonyl (C=O) groups is 1. The highest BCUT2D eigenvalue weighted by molar-refractivity contribution is 9.10. The molecule has 0 aliphatic heterocycles. The van der Waals surface area contributed by atoms with Gasteiger partial charge in [0.2, 0.25) is 0 Å². The van der Waals surface area contributed by atoms with E-state index in [2.05, 4.69) is 26.3 Å². The maximum atomic E-state index is 12.0. The molecule has 1 amide bonds. The molecule has 1 aromatic heterocycles. The zero-order chi connectivity index (χ0) is 13.2. The smallest absolute Gasteiger partial charge is 0.305 e. The van der Waals surface area contributed by atoms with Crippen LogP contribution in [0.15, 0.2) is 59.3 Å². The van der Waals surface area contributed by atoms with E-state index in [1.54, 1.807) is 12.4 Å². The van der Waals surface area contributed by atoms with E-state index < -0.39 is 0 Å². The summed E-state index contributed by atoms with van der Waals surface area (Å²) in [5, 5.41) is 8.89. The van der Waals surface area contributed by atoms with Crippen molar-refractivity contribution >= 4 is 38.4 Å². The molecule has 3 aromatic rings. The zero-order valence-electron chi connectivity index (χ0n) is 9.88. The number of benzene rings is 2. The minimum Gasteiger partial charge on any atom is -0.305 e. The highest BCUT2D eigenvalue weighted by Crippen LogP contribution is 2.23. The Labute approximate surface area is 118 Å². The van der Waals surface area contributed by atoms with E-state index in [1.807, 2.05) is 42.5 Å². The van der Waals surface area contributed by atoms with E-state index in [0.717, 1.165) is 20.9 Å². The van der Waals surface area contributed by atoms with Crippen LogP contribution in [0.1, 0.15) is 0 Å². The van der Waals surface area contributed by atoms with Gasteiger partial charge in [-0.1, -0.05) is 36.4 Å². The molecule has 2 aromatic carbocycles. The van der Waals surface area contributed by atoms with Crippen LogP contribution in [0.5, 0.6) is 0 Å². The predicted octanol–water partition coefficient (Wildman–Crippen LogP) is 3.88. The summed E-state index contributed by atoms with van der Waals surface area (Å²) in [6.45, 7) is 0. The Kier molecular flexibility index (Phi) is 3.05. The second-order valence-electron chi connectivity index (χ2n) is 4.06. The molecule has 94 valence electrons. The van der Waals surface area contributed by atoms with Gasteiger partial charge in [0, 0.05) is 11.6 Å². The van der Waals surface area contributed by atoms with E-state index in [4.69, 9.17) is 0 Å². The summed E-state index contributed by atoms with van der Waals surface area (Å²) in [5.74, 6) is 0. The first-order valence-electron chi connectivity index (χ1n) is 5.73. The summed E-state index contributed by atoms with van der Waals surface area (Å²) in [7, 11) is 0. The van der Waals surface area contributed by atoms with E-state index >= 15 is 0 Å². The second-order valence-corrected chi connectivity index (χ2v) is 4.98. The highest BCUT2D eigenvalue weighted by Gasteiger charge is 2.08. The number of halogens is 1. The molecule has 0 radical (unpaired) electrons. The maximum absolute atomic E-state index is 12.0. The van der Waals surface area contributed by atoms with Crippen LogP contribution in [0.2, 0.25) is 0 Å². The minimum atomic E-state index is -0.290. The van der Waals surface area contributed by atoms with Crippen LogP contribution >= 0.6 is 15.9 Å². The first-order chi connectivity index (χ1) is 9.24. The molecule has 0 saturated heterocycles. The van der Waals surface area contributed by atoms with Gasteiger partial charge in [0.05, 0.1) is 16.4 Å². The van der Waals surface area contributed by atoms with Crippen molar-refractivity contribution in [3.8, 4) is 0 Å². The molecular formula is C14H10BrN3O. The summed E-state index contributed by atoms with van der Waals surface area (Å²) in [6, 6.07) is 13.4. The van der Waals surface area contributed by atoms with E-state index in [0.29, 0.717) is 0 Å². The lowest BCUT2D eigenvalue weighted by molar-refractivity contribution is 0.251. The first-order valence-corrected chi connectivity index (χ1v) is 6.52. The number of nitrogens with zero attached hydrogens (tertiary/aromatic N) is 2. The molecule has 0 saturated carbocycles. The molecule has 1 heterocycles. The summed E-state index contributed by atoms with van der Waals surface area (Å²) in [4.78, 5) is 12.0. The van der Waals surface area contributed by atoms with Crippen LogP contribution in [0.4, 0.5) is 10.5 Å². The highest BCUT2D eigenvalue weighted by atomic mass is 79.9. The van der Waals surface area contributed by atoms with Gasteiger partial charge < -0.3 is 5.32 Å². The molecule has 1 N–H and O–H groups in total. The fourth-order valence-corrected chi connectivity index (χ4v) is 2.20. The lowest BCUT2D eigenvalue weighted by Crippen LogP contribution is -2.19. The average molecular weight is 316 g/mol. The molecule has 3 rings (SSSR count). The second kappa shape index (κ2) is 4.85. The third-order valence-corrected chi connectivity index (χ3v) is 3.20. The van der Waals surface area contributed by atoms with Crippen molar-refractivity contribution in [2.45, 2.75) is 0 Å². The van der Waals surface area contributed by atoms with Gasteiger partial charge in [-0.15, -0.1) is 0 Å². The molecule has 0 aliphatic carbocycles. The Hall–Kier alpha value is -2.14. The Bertz CT molecular complexity index is 746. The van der Waals surface area contributed by atoms with Gasteiger partial charge in [-0.05, 0) is 27.4 Å². The lowest BCUT2D eigenvalue weighted by Gasteiger charge is -2.08. The monoisotopic (exact) mass is 315 g/mol. The zero-order valence-corrected chi connectivity index (χ0v) is 11.5. The number of hydrogen-bond donors (Lipinski definition) is 1. The van der Waals surface area contributed by atoms with Crippen molar-refractivity contribution in [1.82, 2.24) is 9.78 Å². The van der Waals surface area contributed by atoms with E-state index in [1.165, 1.54) is 4.68 Å². The van der Waals surface area contributed by atoms with Gasteiger partial charge >= 0.3 is 6.03 Å². The van der Waals surface area contributed by atoms with E-state index in [-0.39, 0.29) is 6.03 Å². The molecule has 19 heavy (non-hydrogen) atoms. The Morgan fingerprint density at radius 3 is 2.74 bits per heavy atom. The van der Waals surface area contributed by atoms with Crippen LogP contribution in [-0.2, 0) is 0 Å². The number of amides is 1.